The third kappa shape index (κ3) is 4.04. The zero-order chi connectivity index (χ0) is 13.5. The van der Waals surface area contributed by atoms with Crippen molar-refractivity contribution in [2.24, 2.45) is 0 Å². The van der Waals surface area contributed by atoms with Crippen molar-refractivity contribution in [3.05, 3.63) is 34.1 Å². The summed E-state index contributed by atoms with van der Waals surface area (Å²) in [5.74, 6) is -0.898. The number of ether oxygens (including phenoxy) is 1. The Bertz CT molecular complexity index is 408. The lowest BCUT2D eigenvalue weighted by Gasteiger charge is -2.17. The van der Waals surface area contributed by atoms with Crippen molar-refractivity contribution in [1.29, 1.82) is 0 Å². The number of methoxy groups -OCH3 is 1. The summed E-state index contributed by atoms with van der Waals surface area (Å²) in [5, 5.41) is 11.6. The van der Waals surface area contributed by atoms with Gasteiger partial charge in [-0.3, -0.25) is 4.79 Å². The average molecular weight is 320 g/mol. The summed E-state index contributed by atoms with van der Waals surface area (Å²) in [4.78, 5) is 11.9. The lowest BCUT2D eigenvalue weighted by atomic mass is 10.1. The molecule has 2 N–H and O–H groups in total. The van der Waals surface area contributed by atoms with Gasteiger partial charge in [-0.25, -0.2) is 4.39 Å². The zero-order valence-corrected chi connectivity index (χ0v) is 11.5. The van der Waals surface area contributed by atoms with Crippen molar-refractivity contribution < 1.29 is 19.0 Å². The lowest BCUT2D eigenvalue weighted by Crippen LogP contribution is -2.38. The van der Waals surface area contributed by atoms with Crippen molar-refractivity contribution in [1.82, 2.24) is 5.32 Å². The van der Waals surface area contributed by atoms with Crippen LogP contribution in [0.3, 0.4) is 0 Å². The van der Waals surface area contributed by atoms with E-state index in [1.807, 2.05) is 0 Å². The molecule has 1 atom stereocenters. The van der Waals surface area contributed by atoms with Gasteiger partial charge in [-0.15, -0.1) is 0 Å². The number of aliphatic hydroxyl groups is 1. The van der Waals surface area contributed by atoms with E-state index in [2.05, 4.69) is 21.2 Å². The lowest BCUT2D eigenvalue weighted by molar-refractivity contribution is 0.0877. The van der Waals surface area contributed by atoms with Gasteiger partial charge < -0.3 is 15.2 Å². The van der Waals surface area contributed by atoms with Gasteiger partial charge in [0.05, 0.1) is 22.7 Å². The van der Waals surface area contributed by atoms with Gasteiger partial charge in [0.1, 0.15) is 5.82 Å². The molecule has 18 heavy (non-hydrogen) atoms. The van der Waals surface area contributed by atoms with Crippen molar-refractivity contribution in [3.8, 4) is 0 Å². The van der Waals surface area contributed by atoms with Gasteiger partial charge in [-0.1, -0.05) is 6.07 Å². The Morgan fingerprint density at radius 3 is 2.94 bits per heavy atom. The molecule has 0 aromatic heterocycles. The second-order valence-corrected chi connectivity index (χ2v) is 4.53. The van der Waals surface area contributed by atoms with Gasteiger partial charge >= 0.3 is 0 Å². The minimum atomic E-state index is -0.493. The van der Waals surface area contributed by atoms with Crippen LogP contribution in [0.4, 0.5) is 4.39 Å². The first-order chi connectivity index (χ1) is 8.60. The summed E-state index contributed by atoms with van der Waals surface area (Å²) in [5.41, 5.74) is 0.217. The first-order valence-electron chi connectivity index (χ1n) is 5.44. The third-order valence-electron chi connectivity index (χ3n) is 2.38. The number of nitrogens with one attached hydrogen (secondary N) is 1. The number of benzene rings is 1. The number of amides is 1. The molecule has 1 aromatic rings. The topological polar surface area (TPSA) is 58.6 Å². The molecule has 0 heterocycles. The summed E-state index contributed by atoms with van der Waals surface area (Å²) in [7, 11) is 1.51. The minimum Gasteiger partial charge on any atom is -0.396 e. The predicted molar refractivity (Wildman–Crippen MR) is 68.9 cm³/mol. The number of hydrogen-bond acceptors (Lipinski definition) is 3. The molecular weight excluding hydrogens is 305 g/mol. The van der Waals surface area contributed by atoms with E-state index in [0.29, 0.717) is 13.0 Å². The van der Waals surface area contributed by atoms with E-state index in [-0.39, 0.29) is 22.7 Å². The molecule has 100 valence electrons. The Morgan fingerprint density at radius 2 is 2.33 bits per heavy atom. The summed E-state index contributed by atoms with van der Waals surface area (Å²) >= 11 is 3.03. The van der Waals surface area contributed by atoms with Crippen molar-refractivity contribution >= 4 is 21.8 Å². The minimum absolute atomic E-state index is 0.0569. The van der Waals surface area contributed by atoms with Crippen LogP contribution in [-0.2, 0) is 4.74 Å². The summed E-state index contributed by atoms with van der Waals surface area (Å²) in [6.45, 7) is 0.234. The van der Waals surface area contributed by atoms with Crippen molar-refractivity contribution in [2.75, 3.05) is 20.3 Å². The highest BCUT2D eigenvalue weighted by Crippen LogP contribution is 2.20. The Hall–Kier alpha value is -0.980. The van der Waals surface area contributed by atoms with Crippen LogP contribution in [0, 0.1) is 5.82 Å². The highest BCUT2D eigenvalue weighted by Gasteiger charge is 2.17. The Balaban J connectivity index is 2.77. The summed E-state index contributed by atoms with van der Waals surface area (Å²) < 4.78 is 18.3. The smallest absolute Gasteiger partial charge is 0.252 e. The highest BCUT2D eigenvalue weighted by molar-refractivity contribution is 9.10. The number of aliphatic hydroxyl groups excluding tert-OH is 1. The highest BCUT2D eigenvalue weighted by atomic mass is 79.9. The Labute approximate surface area is 113 Å². The number of carbonyl (C=O) groups excluding carboxylic acids is 1. The zero-order valence-electron chi connectivity index (χ0n) is 9.95. The fraction of sp³-hybridized carbons (Fsp3) is 0.417. The fourth-order valence-electron chi connectivity index (χ4n) is 1.50. The first kappa shape index (κ1) is 15.1. The molecule has 0 saturated heterocycles. The van der Waals surface area contributed by atoms with Crippen molar-refractivity contribution in [3.63, 3.8) is 0 Å². The van der Waals surface area contributed by atoms with Crippen LogP contribution in [0.15, 0.2) is 22.7 Å². The second-order valence-electron chi connectivity index (χ2n) is 3.74. The molecule has 0 saturated carbocycles. The van der Waals surface area contributed by atoms with E-state index in [9.17, 15) is 9.18 Å². The van der Waals surface area contributed by atoms with Crippen LogP contribution in [-0.4, -0.2) is 37.4 Å². The molecular formula is C12H15BrFNO3. The fourth-order valence-corrected chi connectivity index (χ4v) is 1.94. The van der Waals surface area contributed by atoms with Crippen LogP contribution in [0.2, 0.25) is 0 Å². The van der Waals surface area contributed by atoms with Gasteiger partial charge in [-0.2, -0.15) is 0 Å². The van der Waals surface area contributed by atoms with E-state index < -0.39 is 11.7 Å². The predicted octanol–water partition coefficient (Wildman–Crippen LogP) is 1.72. The molecule has 1 unspecified atom stereocenters. The largest absolute Gasteiger partial charge is 0.396 e. The van der Waals surface area contributed by atoms with E-state index in [0.717, 1.165) is 0 Å². The normalized spacial score (nSPS) is 12.2. The molecule has 4 nitrogen and oxygen atoms in total. The molecule has 0 fully saturated rings. The van der Waals surface area contributed by atoms with E-state index in [4.69, 9.17) is 9.84 Å². The van der Waals surface area contributed by atoms with E-state index >= 15 is 0 Å². The van der Waals surface area contributed by atoms with Crippen LogP contribution >= 0.6 is 15.9 Å². The van der Waals surface area contributed by atoms with Gasteiger partial charge in [0, 0.05) is 13.7 Å². The van der Waals surface area contributed by atoms with Crippen LogP contribution in [0.5, 0.6) is 0 Å². The molecule has 0 spiro atoms. The number of rotatable bonds is 6. The molecule has 0 aliphatic rings. The number of hydrogen-bond donors (Lipinski definition) is 2. The SMILES string of the molecule is COCC(CCO)NC(=O)c1cccc(F)c1Br. The maximum Gasteiger partial charge on any atom is 0.252 e. The van der Waals surface area contributed by atoms with Gasteiger partial charge in [0.15, 0.2) is 0 Å². The Kier molecular flexibility index (Phi) is 6.24. The van der Waals surface area contributed by atoms with Crippen molar-refractivity contribution in [2.45, 2.75) is 12.5 Å². The monoisotopic (exact) mass is 319 g/mol. The average Bonchev–Trinajstić information content (AvgIpc) is 2.33. The van der Waals surface area contributed by atoms with E-state index in [1.165, 1.54) is 25.3 Å². The quantitative estimate of drug-likeness (QED) is 0.839. The Morgan fingerprint density at radius 1 is 1.61 bits per heavy atom. The summed E-state index contributed by atoms with van der Waals surface area (Å²) in [6, 6.07) is 3.95. The number of halogens is 2. The van der Waals surface area contributed by atoms with Crippen LogP contribution < -0.4 is 5.32 Å². The van der Waals surface area contributed by atoms with Crippen LogP contribution in [0.1, 0.15) is 16.8 Å². The molecule has 1 amide bonds. The molecule has 0 aliphatic heterocycles. The maximum atomic E-state index is 13.3. The van der Waals surface area contributed by atoms with Gasteiger partial charge in [-0.05, 0) is 34.5 Å². The molecule has 1 aromatic carbocycles. The standard InChI is InChI=1S/C12H15BrFNO3/c1-18-7-8(5-6-16)15-12(17)9-3-2-4-10(14)11(9)13/h2-4,8,16H,5-7H2,1H3,(H,15,17). The van der Waals surface area contributed by atoms with Crippen LogP contribution in [0.25, 0.3) is 0 Å². The first-order valence-corrected chi connectivity index (χ1v) is 6.24. The van der Waals surface area contributed by atoms with E-state index in [1.54, 1.807) is 0 Å². The molecule has 0 aliphatic carbocycles. The van der Waals surface area contributed by atoms with Gasteiger partial charge in [0.2, 0.25) is 0 Å². The maximum absolute atomic E-state index is 13.3. The second kappa shape index (κ2) is 7.45. The number of carbonyl (C=O) groups is 1. The molecule has 6 heteroatoms. The third-order valence-corrected chi connectivity index (χ3v) is 3.18. The van der Waals surface area contributed by atoms with Gasteiger partial charge in [0.25, 0.3) is 5.91 Å². The molecule has 0 radical (unpaired) electrons. The summed E-state index contributed by atoms with van der Waals surface area (Å²) in [6.07, 6.45) is 0.381. The molecule has 0 bridgehead atoms. The molecule has 1 rings (SSSR count).